The molecule has 7 nitrogen and oxygen atoms in total. The Hall–Kier alpha value is -2.64. The number of ether oxygens (including phenoxy) is 6. The summed E-state index contributed by atoms with van der Waals surface area (Å²) in [6.45, 7) is 3.30. The van der Waals surface area contributed by atoms with Gasteiger partial charge >= 0.3 is 0 Å². The minimum absolute atomic E-state index is 0.231. The zero-order valence-electron chi connectivity index (χ0n) is 17.8. The molecule has 7 heteroatoms. The summed E-state index contributed by atoms with van der Waals surface area (Å²) in [6, 6.07) is 9.84. The maximum atomic E-state index is 5.91. The molecule has 0 bridgehead atoms. The highest BCUT2D eigenvalue weighted by Crippen LogP contribution is 2.39. The first-order valence-electron chi connectivity index (χ1n) is 10.2. The molecule has 2 aromatic carbocycles. The molecule has 2 aromatic rings. The Bertz CT molecular complexity index is 865. The van der Waals surface area contributed by atoms with Gasteiger partial charge in [0.2, 0.25) is 6.79 Å². The van der Waals surface area contributed by atoms with Crippen molar-refractivity contribution < 1.29 is 28.4 Å². The summed E-state index contributed by atoms with van der Waals surface area (Å²) in [7, 11) is 5.02. The molecule has 2 heterocycles. The van der Waals surface area contributed by atoms with Gasteiger partial charge in [0.25, 0.3) is 0 Å². The van der Waals surface area contributed by atoms with E-state index in [1.807, 2.05) is 24.3 Å². The van der Waals surface area contributed by atoms with Gasteiger partial charge in [-0.1, -0.05) is 6.07 Å². The maximum absolute atomic E-state index is 5.91. The van der Waals surface area contributed by atoms with Gasteiger partial charge in [-0.15, -0.1) is 0 Å². The van der Waals surface area contributed by atoms with Crippen LogP contribution in [0.25, 0.3) is 0 Å². The van der Waals surface area contributed by atoms with Gasteiger partial charge in [0.1, 0.15) is 17.2 Å². The minimum Gasteiger partial charge on any atom is -0.497 e. The second kappa shape index (κ2) is 9.45. The van der Waals surface area contributed by atoms with Gasteiger partial charge in [0, 0.05) is 49.5 Å². The van der Waals surface area contributed by atoms with Crippen LogP contribution in [-0.2, 0) is 17.8 Å². The molecule has 0 radical (unpaired) electrons. The summed E-state index contributed by atoms with van der Waals surface area (Å²) in [6.07, 6.45) is 2.42. The number of hydrogen-bond acceptors (Lipinski definition) is 7. The van der Waals surface area contributed by atoms with E-state index in [1.165, 1.54) is 0 Å². The zero-order valence-corrected chi connectivity index (χ0v) is 17.8. The Balaban J connectivity index is 1.59. The summed E-state index contributed by atoms with van der Waals surface area (Å²) in [5.74, 6) is 3.85. The number of methoxy groups -OCH3 is 3. The summed E-state index contributed by atoms with van der Waals surface area (Å²) in [5, 5.41) is 0. The first-order valence-corrected chi connectivity index (χ1v) is 10.2. The molecule has 0 amide bonds. The molecule has 1 saturated heterocycles. The predicted molar refractivity (Wildman–Crippen MR) is 112 cm³/mol. The van der Waals surface area contributed by atoms with E-state index in [0.29, 0.717) is 13.1 Å². The Kier molecular flexibility index (Phi) is 6.50. The molecule has 4 rings (SSSR count). The van der Waals surface area contributed by atoms with Gasteiger partial charge in [-0.2, -0.15) is 0 Å². The van der Waals surface area contributed by atoms with Crippen LogP contribution in [-0.4, -0.2) is 52.3 Å². The van der Waals surface area contributed by atoms with Crippen LogP contribution in [0.5, 0.6) is 28.7 Å². The lowest BCUT2D eigenvalue weighted by Gasteiger charge is -2.27. The fourth-order valence-electron chi connectivity index (χ4n) is 4.00. The lowest BCUT2D eigenvalue weighted by atomic mass is 10.1. The molecule has 0 aliphatic carbocycles. The van der Waals surface area contributed by atoms with Gasteiger partial charge in [-0.3, -0.25) is 4.90 Å². The highest BCUT2D eigenvalue weighted by Gasteiger charge is 2.24. The first-order chi connectivity index (χ1) is 14.7. The summed E-state index contributed by atoms with van der Waals surface area (Å²) >= 11 is 0. The Morgan fingerprint density at radius 2 is 1.63 bits per heavy atom. The standard InChI is InChI=1S/C23H29NO6/c1-25-18-7-6-16(20(10-18)26-2)12-24(14-19-5-4-8-28-19)13-17-9-22-23(30-15-29-22)11-21(17)27-3/h6-7,9-11,19H,4-5,8,12-15H2,1-3H3/t19-/m0/s1. The molecule has 162 valence electrons. The topological polar surface area (TPSA) is 58.6 Å². The number of hydrogen-bond donors (Lipinski definition) is 0. The quantitative estimate of drug-likeness (QED) is 0.620. The molecule has 2 aliphatic rings. The van der Waals surface area contributed by atoms with Crippen LogP contribution in [0.4, 0.5) is 0 Å². The molecule has 0 N–H and O–H groups in total. The molecular formula is C23H29NO6. The van der Waals surface area contributed by atoms with E-state index in [0.717, 1.165) is 65.9 Å². The molecule has 1 fully saturated rings. The highest BCUT2D eigenvalue weighted by atomic mass is 16.7. The van der Waals surface area contributed by atoms with Gasteiger partial charge in [-0.05, 0) is 25.0 Å². The number of fused-ring (bicyclic) bond motifs is 1. The van der Waals surface area contributed by atoms with Crippen LogP contribution < -0.4 is 23.7 Å². The van der Waals surface area contributed by atoms with Crippen molar-refractivity contribution in [2.75, 3.05) is 41.3 Å². The van der Waals surface area contributed by atoms with Crippen molar-refractivity contribution in [3.8, 4) is 28.7 Å². The first kappa shape index (κ1) is 20.6. The van der Waals surface area contributed by atoms with E-state index in [2.05, 4.69) is 11.0 Å². The van der Waals surface area contributed by atoms with Crippen molar-refractivity contribution in [2.24, 2.45) is 0 Å². The lowest BCUT2D eigenvalue weighted by Crippen LogP contribution is -2.31. The fraction of sp³-hybridized carbons (Fsp3) is 0.478. The lowest BCUT2D eigenvalue weighted by molar-refractivity contribution is 0.0673. The van der Waals surface area contributed by atoms with E-state index in [9.17, 15) is 0 Å². The smallest absolute Gasteiger partial charge is 0.231 e. The number of nitrogens with zero attached hydrogens (tertiary/aromatic N) is 1. The van der Waals surface area contributed by atoms with E-state index >= 15 is 0 Å². The van der Waals surface area contributed by atoms with Crippen LogP contribution in [0.2, 0.25) is 0 Å². The summed E-state index contributed by atoms with van der Waals surface area (Å²) < 4.78 is 33.6. The van der Waals surface area contributed by atoms with Gasteiger partial charge < -0.3 is 28.4 Å². The molecule has 30 heavy (non-hydrogen) atoms. The third-order valence-corrected chi connectivity index (χ3v) is 5.54. The second-order valence-electron chi connectivity index (χ2n) is 7.50. The summed E-state index contributed by atoms with van der Waals surface area (Å²) in [5.41, 5.74) is 2.14. The number of rotatable bonds is 9. The van der Waals surface area contributed by atoms with E-state index in [4.69, 9.17) is 28.4 Å². The van der Waals surface area contributed by atoms with Gasteiger partial charge in [0.15, 0.2) is 11.5 Å². The van der Waals surface area contributed by atoms with Crippen LogP contribution in [0, 0.1) is 0 Å². The molecule has 0 unspecified atom stereocenters. The van der Waals surface area contributed by atoms with Crippen molar-refractivity contribution in [1.29, 1.82) is 0 Å². The molecule has 1 atom stereocenters. The Morgan fingerprint density at radius 3 is 2.33 bits per heavy atom. The van der Waals surface area contributed by atoms with Gasteiger partial charge in [0.05, 0.1) is 27.4 Å². The van der Waals surface area contributed by atoms with Crippen molar-refractivity contribution in [3.63, 3.8) is 0 Å². The van der Waals surface area contributed by atoms with Crippen molar-refractivity contribution >= 4 is 0 Å². The third kappa shape index (κ3) is 4.57. The minimum atomic E-state index is 0.231. The monoisotopic (exact) mass is 415 g/mol. The van der Waals surface area contributed by atoms with E-state index in [-0.39, 0.29) is 12.9 Å². The van der Waals surface area contributed by atoms with E-state index < -0.39 is 0 Å². The van der Waals surface area contributed by atoms with Gasteiger partial charge in [-0.25, -0.2) is 0 Å². The highest BCUT2D eigenvalue weighted by molar-refractivity contribution is 5.52. The normalized spacial score (nSPS) is 17.4. The van der Waals surface area contributed by atoms with Crippen molar-refractivity contribution in [3.05, 3.63) is 41.5 Å². The predicted octanol–water partition coefficient (Wildman–Crippen LogP) is 3.62. The zero-order chi connectivity index (χ0) is 20.9. The third-order valence-electron chi connectivity index (χ3n) is 5.54. The average Bonchev–Trinajstić information content (AvgIpc) is 3.44. The van der Waals surface area contributed by atoms with Crippen molar-refractivity contribution in [1.82, 2.24) is 4.90 Å². The van der Waals surface area contributed by atoms with Crippen LogP contribution in [0.3, 0.4) is 0 Å². The van der Waals surface area contributed by atoms with Crippen LogP contribution in [0.1, 0.15) is 24.0 Å². The SMILES string of the molecule is COc1ccc(CN(Cc2cc3c(cc2OC)OCO3)C[C@@H]2CCCO2)c(OC)c1. The molecule has 2 aliphatic heterocycles. The Morgan fingerprint density at radius 1 is 0.900 bits per heavy atom. The Labute approximate surface area is 177 Å². The van der Waals surface area contributed by atoms with Crippen LogP contribution in [0.15, 0.2) is 30.3 Å². The largest absolute Gasteiger partial charge is 0.497 e. The molecule has 0 aromatic heterocycles. The molecule has 0 saturated carbocycles. The molecular weight excluding hydrogens is 386 g/mol. The molecule has 0 spiro atoms. The average molecular weight is 415 g/mol. The maximum Gasteiger partial charge on any atom is 0.231 e. The van der Waals surface area contributed by atoms with Crippen molar-refractivity contribution in [2.45, 2.75) is 32.0 Å². The van der Waals surface area contributed by atoms with E-state index in [1.54, 1.807) is 21.3 Å². The summed E-state index contributed by atoms with van der Waals surface area (Å²) in [4.78, 5) is 2.36. The van der Waals surface area contributed by atoms with Crippen LogP contribution >= 0.6 is 0 Å². The number of benzene rings is 2. The second-order valence-corrected chi connectivity index (χ2v) is 7.50. The fourth-order valence-corrected chi connectivity index (χ4v) is 4.00.